The third kappa shape index (κ3) is 14.4. The molecule has 5 nitrogen and oxygen atoms in total. The lowest BCUT2D eigenvalue weighted by atomic mass is 10.8. The standard InChI is InChI=1S/C4H8O2.C3H10O3Si/c1-3-6-4(2)5;1-4-7(5-2)6-3/h3H2,1-2H3;7H,1-3H3. The first kappa shape index (κ1) is 15.1. The third-order valence-corrected chi connectivity index (χ3v) is 2.08. The van der Waals surface area contributed by atoms with Gasteiger partial charge in [-0.25, -0.2) is 0 Å². The van der Waals surface area contributed by atoms with Crippen molar-refractivity contribution in [1.82, 2.24) is 0 Å². The van der Waals surface area contributed by atoms with Gasteiger partial charge >= 0.3 is 15.5 Å². The largest absolute Gasteiger partial charge is 0.483 e. The Hall–Kier alpha value is -0.433. The lowest BCUT2D eigenvalue weighted by Gasteiger charge is -2.05. The number of hydrogen-bond donors (Lipinski definition) is 0. The summed E-state index contributed by atoms with van der Waals surface area (Å²) < 4.78 is 18.6. The molecule has 0 saturated carbocycles. The zero-order valence-electron chi connectivity index (χ0n) is 8.83. The average Bonchev–Trinajstić information content (AvgIpc) is 2.08. The highest BCUT2D eigenvalue weighted by atomic mass is 28.3. The van der Waals surface area contributed by atoms with Crippen molar-refractivity contribution in [3.8, 4) is 0 Å². The van der Waals surface area contributed by atoms with Gasteiger partial charge in [0.1, 0.15) is 0 Å². The highest BCUT2D eigenvalue weighted by Crippen LogP contribution is 1.81. The molecule has 0 saturated heterocycles. The van der Waals surface area contributed by atoms with Crippen molar-refractivity contribution in [3.63, 3.8) is 0 Å². The predicted octanol–water partition coefficient (Wildman–Crippen LogP) is 0.212. The molecule has 0 rings (SSSR count). The van der Waals surface area contributed by atoms with Gasteiger partial charge in [-0.3, -0.25) is 4.79 Å². The van der Waals surface area contributed by atoms with Gasteiger partial charge in [-0.05, 0) is 6.92 Å². The lowest BCUT2D eigenvalue weighted by molar-refractivity contribution is -0.140. The summed E-state index contributed by atoms with van der Waals surface area (Å²) in [5.74, 6) is -0.211. The summed E-state index contributed by atoms with van der Waals surface area (Å²) >= 11 is 0. The summed E-state index contributed by atoms with van der Waals surface area (Å²) in [7, 11) is 3.05. The van der Waals surface area contributed by atoms with E-state index in [1.165, 1.54) is 6.92 Å². The van der Waals surface area contributed by atoms with Crippen LogP contribution >= 0.6 is 0 Å². The van der Waals surface area contributed by atoms with Crippen LogP contribution < -0.4 is 0 Å². The van der Waals surface area contributed by atoms with Crippen LogP contribution in [0.5, 0.6) is 0 Å². The Morgan fingerprint density at radius 1 is 1.15 bits per heavy atom. The van der Waals surface area contributed by atoms with Crippen LogP contribution in [0.1, 0.15) is 13.8 Å². The molecule has 0 aliphatic rings. The molecule has 0 atom stereocenters. The van der Waals surface area contributed by atoms with Crippen molar-refractivity contribution >= 4 is 15.5 Å². The van der Waals surface area contributed by atoms with Gasteiger partial charge < -0.3 is 18.0 Å². The van der Waals surface area contributed by atoms with E-state index >= 15 is 0 Å². The Kier molecular flexibility index (Phi) is 13.4. The van der Waals surface area contributed by atoms with Gasteiger partial charge in [0.2, 0.25) is 0 Å². The van der Waals surface area contributed by atoms with Crippen LogP contribution in [0.2, 0.25) is 0 Å². The molecule has 0 radical (unpaired) electrons. The van der Waals surface area contributed by atoms with Gasteiger partial charge in [0.25, 0.3) is 0 Å². The second kappa shape index (κ2) is 11.6. The molecule has 0 N–H and O–H groups in total. The van der Waals surface area contributed by atoms with Crippen LogP contribution in [-0.2, 0) is 22.8 Å². The molecule has 80 valence electrons. The zero-order valence-corrected chi connectivity index (χ0v) is 9.98. The van der Waals surface area contributed by atoms with E-state index in [1.807, 2.05) is 0 Å². The predicted molar refractivity (Wildman–Crippen MR) is 50.5 cm³/mol. The van der Waals surface area contributed by atoms with Crippen LogP contribution in [0.15, 0.2) is 0 Å². The molecule has 0 aliphatic carbocycles. The minimum absolute atomic E-state index is 0.211. The summed E-state index contributed by atoms with van der Waals surface area (Å²) in [6.07, 6.45) is 0. The van der Waals surface area contributed by atoms with Crippen LogP contribution in [0.4, 0.5) is 0 Å². The minimum Gasteiger partial charge on any atom is -0.466 e. The van der Waals surface area contributed by atoms with Gasteiger partial charge in [0.05, 0.1) is 6.61 Å². The van der Waals surface area contributed by atoms with E-state index in [9.17, 15) is 4.79 Å². The van der Waals surface area contributed by atoms with Gasteiger partial charge in [-0.15, -0.1) is 0 Å². The second-order valence-corrected chi connectivity index (χ2v) is 3.91. The van der Waals surface area contributed by atoms with Crippen molar-refractivity contribution in [2.24, 2.45) is 0 Å². The van der Waals surface area contributed by atoms with Crippen molar-refractivity contribution in [1.29, 1.82) is 0 Å². The number of rotatable bonds is 4. The van der Waals surface area contributed by atoms with Crippen LogP contribution in [-0.4, -0.2) is 43.4 Å². The van der Waals surface area contributed by atoms with Gasteiger partial charge in [0.15, 0.2) is 0 Å². The number of carbonyl (C=O) groups excluding carboxylic acids is 1. The summed E-state index contributed by atoms with van der Waals surface area (Å²) in [6, 6.07) is 0. The van der Waals surface area contributed by atoms with Crippen LogP contribution in [0, 0.1) is 0 Å². The SMILES string of the molecule is CCOC(C)=O.CO[SiH](OC)OC. The molecule has 0 aliphatic heterocycles. The molecule has 0 unspecified atom stereocenters. The molecule has 0 amide bonds. The number of ether oxygens (including phenoxy) is 1. The maximum atomic E-state index is 9.82. The average molecular weight is 210 g/mol. The fourth-order valence-electron chi connectivity index (χ4n) is 0.492. The highest BCUT2D eigenvalue weighted by molar-refractivity contribution is 6.36. The molecule has 0 aromatic heterocycles. The molecule has 6 heteroatoms. The quantitative estimate of drug-likeness (QED) is 0.490. The Balaban J connectivity index is 0. The smallest absolute Gasteiger partial charge is 0.466 e. The Bertz CT molecular complexity index is 110. The summed E-state index contributed by atoms with van der Waals surface area (Å²) in [6.45, 7) is 3.65. The van der Waals surface area contributed by atoms with Gasteiger partial charge in [-0.1, -0.05) is 0 Å². The van der Waals surface area contributed by atoms with Crippen molar-refractivity contribution < 1.29 is 22.8 Å². The molecule has 0 heterocycles. The van der Waals surface area contributed by atoms with E-state index < -0.39 is 9.53 Å². The summed E-state index contributed by atoms with van der Waals surface area (Å²) in [4.78, 5) is 9.82. The third-order valence-electron chi connectivity index (χ3n) is 0.925. The Labute approximate surface area is 80.9 Å². The molecular weight excluding hydrogens is 192 g/mol. The zero-order chi connectivity index (χ0) is 10.7. The molecule has 0 fully saturated rings. The first-order valence-corrected chi connectivity index (χ1v) is 5.25. The number of hydrogen-bond acceptors (Lipinski definition) is 5. The Morgan fingerprint density at radius 3 is 1.54 bits per heavy atom. The van der Waals surface area contributed by atoms with Crippen molar-refractivity contribution in [2.75, 3.05) is 27.9 Å². The second-order valence-electron chi connectivity index (χ2n) is 1.92. The molecule has 0 aromatic rings. The molecule has 13 heavy (non-hydrogen) atoms. The van der Waals surface area contributed by atoms with Crippen molar-refractivity contribution in [3.05, 3.63) is 0 Å². The van der Waals surface area contributed by atoms with Gasteiger partial charge in [-0.2, -0.15) is 0 Å². The maximum absolute atomic E-state index is 9.82. The van der Waals surface area contributed by atoms with E-state index in [0.717, 1.165) is 0 Å². The van der Waals surface area contributed by atoms with Gasteiger partial charge in [0, 0.05) is 28.3 Å². The number of carbonyl (C=O) groups is 1. The topological polar surface area (TPSA) is 54.0 Å². The van der Waals surface area contributed by atoms with E-state index in [0.29, 0.717) is 6.61 Å². The fraction of sp³-hybridized carbons (Fsp3) is 0.857. The normalized spacial score (nSPS) is 9.08. The summed E-state index contributed by atoms with van der Waals surface area (Å²) in [5.41, 5.74) is 0. The van der Waals surface area contributed by atoms with Crippen molar-refractivity contribution in [2.45, 2.75) is 13.8 Å². The van der Waals surface area contributed by atoms with Crippen LogP contribution in [0.25, 0.3) is 0 Å². The first-order chi connectivity index (χ1) is 6.12. The molecular formula is C7H18O5Si. The monoisotopic (exact) mass is 210 g/mol. The maximum Gasteiger partial charge on any atom is 0.483 e. The van der Waals surface area contributed by atoms with E-state index in [1.54, 1.807) is 28.3 Å². The Morgan fingerprint density at radius 2 is 1.54 bits per heavy atom. The summed E-state index contributed by atoms with van der Waals surface area (Å²) in [5, 5.41) is 0. The molecule has 0 spiro atoms. The molecule has 0 aromatic carbocycles. The minimum atomic E-state index is -1.67. The highest BCUT2D eigenvalue weighted by Gasteiger charge is 2.04. The fourth-order valence-corrected chi connectivity index (χ4v) is 1.07. The van der Waals surface area contributed by atoms with E-state index in [-0.39, 0.29) is 5.97 Å². The first-order valence-electron chi connectivity index (χ1n) is 3.84. The van der Waals surface area contributed by atoms with E-state index in [4.69, 9.17) is 13.3 Å². The van der Waals surface area contributed by atoms with E-state index in [2.05, 4.69) is 4.74 Å². The number of esters is 1. The van der Waals surface area contributed by atoms with Crippen LogP contribution in [0.3, 0.4) is 0 Å². The lowest BCUT2D eigenvalue weighted by Crippen LogP contribution is -2.21. The molecule has 0 bridgehead atoms.